The molecule has 3 unspecified atom stereocenters. The van der Waals surface area contributed by atoms with E-state index in [-0.39, 0.29) is 17.9 Å². The summed E-state index contributed by atoms with van der Waals surface area (Å²) in [5.41, 5.74) is 0.548. The molecule has 20 heavy (non-hydrogen) atoms. The summed E-state index contributed by atoms with van der Waals surface area (Å²) in [6.07, 6.45) is 0.262. The zero-order chi connectivity index (χ0) is 14.7. The van der Waals surface area contributed by atoms with E-state index in [1.807, 2.05) is 13.8 Å². The highest BCUT2D eigenvalue weighted by Gasteiger charge is 2.36. The summed E-state index contributed by atoms with van der Waals surface area (Å²) in [5.74, 6) is -1.35. The van der Waals surface area contributed by atoms with Crippen molar-refractivity contribution in [2.75, 3.05) is 0 Å². The molecule has 108 valence electrons. The highest BCUT2D eigenvalue weighted by molar-refractivity contribution is 5.87. The van der Waals surface area contributed by atoms with Crippen LogP contribution in [0.15, 0.2) is 30.3 Å². The fourth-order valence-corrected chi connectivity index (χ4v) is 2.56. The van der Waals surface area contributed by atoms with E-state index in [0.717, 1.165) is 6.42 Å². The first-order valence-corrected chi connectivity index (χ1v) is 6.72. The van der Waals surface area contributed by atoms with Gasteiger partial charge in [-0.2, -0.15) is 0 Å². The minimum absolute atomic E-state index is 0.0285. The molecule has 2 rings (SSSR count). The van der Waals surface area contributed by atoms with Gasteiger partial charge < -0.3 is 15.2 Å². The van der Waals surface area contributed by atoms with E-state index < -0.39 is 18.1 Å². The average Bonchev–Trinajstić information content (AvgIpc) is 2.75. The molecule has 1 heterocycles. The van der Waals surface area contributed by atoms with Crippen LogP contribution in [0.4, 0.5) is 0 Å². The van der Waals surface area contributed by atoms with Crippen LogP contribution in [0.5, 0.6) is 0 Å². The zero-order valence-corrected chi connectivity index (χ0v) is 11.6. The number of aliphatic carboxylic acids is 1. The average molecular weight is 277 g/mol. The molecule has 1 aliphatic heterocycles. The summed E-state index contributed by atoms with van der Waals surface area (Å²) in [5, 5.41) is 11.8. The van der Waals surface area contributed by atoms with Gasteiger partial charge in [-0.15, -0.1) is 0 Å². The molecule has 0 saturated carbocycles. The number of amides is 1. The topological polar surface area (TPSA) is 75.6 Å². The van der Waals surface area contributed by atoms with Crippen molar-refractivity contribution in [2.45, 2.75) is 38.5 Å². The van der Waals surface area contributed by atoms with Crippen molar-refractivity contribution in [3.05, 3.63) is 35.9 Å². The van der Waals surface area contributed by atoms with E-state index in [1.54, 1.807) is 30.3 Å². The number of ether oxygens (including phenoxy) is 1. The predicted molar refractivity (Wildman–Crippen MR) is 73.1 cm³/mol. The Morgan fingerprint density at radius 1 is 1.30 bits per heavy atom. The van der Waals surface area contributed by atoms with Crippen LogP contribution >= 0.6 is 0 Å². The van der Waals surface area contributed by atoms with E-state index in [9.17, 15) is 14.7 Å². The monoisotopic (exact) mass is 277 g/mol. The molecule has 1 aromatic rings. The molecule has 0 aromatic heterocycles. The smallest absolute Gasteiger partial charge is 0.330 e. The van der Waals surface area contributed by atoms with E-state index in [1.165, 1.54) is 0 Å². The van der Waals surface area contributed by atoms with Crippen LogP contribution < -0.4 is 5.32 Å². The molecule has 0 aliphatic carbocycles. The lowest BCUT2D eigenvalue weighted by Gasteiger charge is -2.19. The highest BCUT2D eigenvalue weighted by atomic mass is 16.5. The maximum atomic E-state index is 12.2. The zero-order valence-electron chi connectivity index (χ0n) is 11.6. The second-order valence-electron chi connectivity index (χ2n) is 5.27. The van der Waals surface area contributed by atoms with Crippen molar-refractivity contribution in [3.63, 3.8) is 0 Å². The van der Waals surface area contributed by atoms with Gasteiger partial charge in [0.1, 0.15) is 6.10 Å². The molecule has 0 bridgehead atoms. The van der Waals surface area contributed by atoms with Gasteiger partial charge in [-0.1, -0.05) is 37.3 Å². The molecule has 5 nitrogen and oxygen atoms in total. The summed E-state index contributed by atoms with van der Waals surface area (Å²) in [6.45, 7) is 3.85. The van der Waals surface area contributed by atoms with Crippen LogP contribution in [-0.2, 0) is 14.3 Å². The fraction of sp³-hybridized carbons (Fsp3) is 0.467. The van der Waals surface area contributed by atoms with Gasteiger partial charge in [0.25, 0.3) is 0 Å². The normalized spacial score (nSPS) is 27.0. The number of hydrogen-bond acceptors (Lipinski definition) is 3. The van der Waals surface area contributed by atoms with Gasteiger partial charge in [-0.25, -0.2) is 4.79 Å². The first kappa shape index (κ1) is 14.5. The van der Waals surface area contributed by atoms with Gasteiger partial charge in [0, 0.05) is 0 Å². The van der Waals surface area contributed by atoms with Gasteiger partial charge in [0.15, 0.2) is 6.04 Å². The van der Waals surface area contributed by atoms with Crippen LogP contribution in [0, 0.1) is 5.92 Å². The third-order valence-electron chi connectivity index (χ3n) is 3.52. The Balaban J connectivity index is 2.09. The van der Waals surface area contributed by atoms with Crippen molar-refractivity contribution in [1.82, 2.24) is 5.32 Å². The molecule has 0 spiro atoms. The lowest BCUT2D eigenvalue weighted by molar-refractivity contribution is -0.144. The molecule has 1 aliphatic rings. The SMILES string of the molecule is CC1CC(C)C(C(=O)N[C@H](C(=O)O)c2ccccc2)O1. The Labute approximate surface area is 117 Å². The first-order valence-electron chi connectivity index (χ1n) is 6.72. The van der Waals surface area contributed by atoms with Crippen LogP contribution in [-0.4, -0.2) is 29.2 Å². The summed E-state index contributed by atoms with van der Waals surface area (Å²) in [7, 11) is 0. The first-order chi connectivity index (χ1) is 9.49. The Hall–Kier alpha value is -1.88. The molecule has 1 aromatic carbocycles. The summed E-state index contributed by atoms with van der Waals surface area (Å²) in [4.78, 5) is 23.5. The van der Waals surface area contributed by atoms with Crippen molar-refractivity contribution >= 4 is 11.9 Å². The quantitative estimate of drug-likeness (QED) is 0.879. The number of carbonyl (C=O) groups is 2. The van der Waals surface area contributed by atoms with Crippen molar-refractivity contribution in [2.24, 2.45) is 5.92 Å². The Bertz CT molecular complexity index is 488. The highest BCUT2D eigenvalue weighted by Crippen LogP contribution is 2.26. The number of carbonyl (C=O) groups excluding carboxylic acids is 1. The molecule has 1 fully saturated rings. The van der Waals surface area contributed by atoms with Gasteiger partial charge in [-0.3, -0.25) is 4.79 Å². The minimum atomic E-state index is -1.08. The van der Waals surface area contributed by atoms with E-state index in [4.69, 9.17) is 4.74 Å². The summed E-state index contributed by atoms with van der Waals surface area (Å²) < 4.78 is 5.55. The van der Waals surface area contributed by atoms with E-state index >= 15 is 0 Å². The molecule has 2 N–H and O–H groups in total. The molecule has 1 amide bonds. The Morgan fingerprint density at radius 3 is 2.45 bits per heavy atom. The van der Waals surface area contributed by atoms with Gasteiger partial charge >= 0.3 is 5.97 Å². The van der Waals surface area contributed by atoms with E-state index in [2.05, 4.69) is 5.32 Å². The Kier molecular flexibility index (Phi) is 4.39. The Morgan fingerprint density at radius 2 is 1.95 bits per heavy atom. The van der Waals surface area contributed by atoms with Crippen LogP contribution in [0.3, 0.4) is 0 Å². The predicted octanol–water partition coefficient (Wildman–Crippen LogP) is 1.74. The summed E-state index contributed by atoms with van der Waals surface area (Å²) >= 11 is 0. The van der Waals surface area contributed by atoms with Crippen molar-refractivity contribution in [3.8, 4) is 0 Å². The molecule has 0 radical (unpaired) electrons. The molecule has 5 heteroatoms. The van der Waals surface area contributed by atoms with Gasteiger partial charge in [0.05, 0.1) is 6.10 Å². The van der Waals surface area contributed by atoms with Crippen molar-refractivity contribution in [1.29, 1.82) is 0 Å². The maximum Gasteiger partial charge on any atom is 0.330 e. The van der Waals surface area contributed by atoms with Crippen LogP contribution in [0.2, 0.25) is 0 Å². The molecule has 1 saturated heterocycles. The maximum absolute atomic E-state index is 12.2. The van der Waals surface area contributed by atoms with Crippen LogP contribution in [0.1, 0.15) is 31.9 Å². The third-order valence-corrected chi connectivity index (χ3v) is 3.52. The molecular formula is C15H19NO4. The number of benzene rings is 1. The lowest BCUT2D eigenvalue weighted by Crippen LogP contribution is -2.42. The molecule has 4 atom stereocenters. The number of hydrogen-bond donors (Lipinski definition) is 2. The fourth-order valence-electron chi connectivity index (χ4n) is 2.56. The van der Waals surface area contributed by atoms with Crippen LogP contribution in [0.25, 0.3) is 0 Å². The number of carboxylic acids is 1. The standard InChI is InChI=1S/C15H19NO4/c1-9-8-10(2)20-13(9)14(17)16-12(15(18)19)11-6-4-3-5-7-11/h3-7,9-10,12-13H,8H2,1-2H3,(H,16,17)(H,18,19)/t9?,10?,12-,13?/m0/s1. The van der Waals surface area contributed by atoms with E-state index in [0.29, 0.717) is 5.56 Å². The molecular weight excluding hydrogens is 258 g/mol. The summed E-state index contributed by atoms with van der Waals surface area (Å²) in [6, 6.07) is 7.60. The van der Waals surface area contributed by atoms with Gasteiger partial charge in [-0.05, 0) is 24.8 Å². The minimum Gasteiger partial charge on any atom is -0.479 e. The largest absolute Gasteiger partial charge is 0.479 e. The number of rotatable bonds is 4. The second kappa shape index (κ2) is 6.05. The number of carboxylic acid groups (broad SMARTS) is 1. The number of nitrogens with one attached hydrogen (secondary N) is 1. The third kappa shape index (κ3) is 3.17. The van der Waals surface area contributed by atoms with Gasteiger partial charge in [0.2, 0.25) is 5.91 Å². The lowest BCUT2D eigenvalue weighted by atomic mass is 10.0. The van der Waals surface area contributed by atoms with Crippen molar-refractivity contribution < 1.29 is 19.4 Å². The second-order valence-corrected chi connectivity index (χ2v) is 5.27.